The molecule has 0 aromatic carbocycles. The SMILES string of the molecule is CC/C=C\C/C=C\C/C=C\C/C=C\C/C=C\C/C=C\C/C=C\CCCCCC(=O)NC(COC1OC(CO)C(O)C(O)C1O)C(O)/C=C/CC/C=C/CC/C=C/CCCCCCCCCCCCCCCC. The second-order valence-electron chi connectivity index (χ2n) is 19.3. The van der Waals surface area contributed by atoms with Crippen molar-refractivity contribution in [1.29, 1.82) is 0 Å². The van der Waals surface area contributed by atoms with Crippen LogP contribution in [0.15, 0.2) is 122 Å². The molecule has 1 aliphatic heterocycles. The summed E-state index contributed by atoms with van der Waals surface area (Å²) in [6.45, 7) is 3.62. The molecule has 7 atom stereocenters. The van der Waals surface area contributed by atoms with Crippen LogP contribution in [0, 0.1) is 0 Å². The van der Waals surface area contributed by atoms with Gasteiger partial charge >= 0.3 is 0 Å². The van der Waals surface area contributed by atoms with Crippen LogP contribution in [-0.2, 0) is 14.3 Å². The monoisotopic (exact) mass is 1000 g/mol. The smallest absolute Gasteiger partial charge is 0.220 e. The van der Waals surface area contributed by atoms with E-state index < -0.39 is 49.5 Å². The van der Waals surface area contributed by atoms with Crippen LogP contribution in [0.5, 0.6) is 0 Å². The first-order valence-corrected chi connectivity index (χ1v) is 28.8. The highest BCUT2D eigenvalue weighted by molar-refractivity contribution is 5.76. The topological polar surface area (TPSA) is 149 Å². The number of rotatable bonds is 47. The molecular formula is C63H105NO8. The number of carbonyl (C=O) groups excluding carboxylic acids is 1. The molecule has 0 radical (unpaired) electrons. The quantitative estimate of drug-likeness (QED) is 0.0261. The van der Waals surface area contributed by atoms with Gasteiger partial charge in [0.1, 0.15) is 24.4 Å². The van der Waals surface area contributed by atoms with Crippen LogP contribution in [-0.4, -0.2) is 87.5 Å². The fraction of sp³-hybridized carbons (Fsp3) is 0.667. The molecule has 7 unspecified atom stereocenters. The van der Waals surface area contributed by atoms with Crippen molar-refractivity contribution in [2.75, 3.05) is 13.2 Å². The molecule has 1 saturated heterocycles. The van der Waals surface area contributed by atoms with Gasteiger partial charge in [0.2, 0.25) is 5.91 Å². The van der Waals surface area contributed by atoms with Crippen LogP contribution in [0.4, 0.5) is 0 Å². The third-order valence-corrected chi connectivity index (χ3v) is 12.7. The first-order chi connectivity index (χ1) is 35.3. The summed E-state index contributed by atoms with van der Waals surface area (Å²) in [5.74, 6) is -0.227. The van der Waals surface area contributed by atoms with Crippen LogP contribution in [0.25, 0.3) is 0 Å². The van der Waals surface area contributed by atoms with Gasteiger partial charge in [-0.25, -0.2) is 0 Å². The van der Waals surface area contributed by atoms with Crippen LogP contribution >= 0.6 is 0 Å². The van der Waals surface area contributed by atoms with Gasteiger partial charge in [-0.2, -0.15) is 0 Å². The second kappa shape index (κ2) is 51.1. The van der Waals surface area contributed by atoms with Gasteiger partial charge in [0.05, 0.1) is 25.4 Å². The summed E-state index contributed by atoms with van der Waals surface area (Å²) in [5, 5.41) is 54.5. The normalized spacial score (nSPS) is 20.1. The van der Waals surface area contributed by atoms with Gasteiger partial charge in [-0.1, -0.05) is 225 Å². The Kier molecular flexibility index (Phi) is 47.3. The lowest BCUT2D eigenvalue weighted by atomic mass is 9.99. The summed E-state index contributed by atoms with van der Waals surface area (Å²) in [6, 6.07) is -0.857. The Morgan fingerprint density at radius 2 is 0.875 bits per heavy atom. The van der Waals surface area contributed by atoms with E-state index in [0.29, 0.717) is 12.8 Å². The van der Waals surface area contributed by atoms with Crippen molar-refractivity contribution < 1.29 is 39.8 Å². The zero-order chi connectivity index (χ0) is 52.2. The van der Waals surface area contributed by atoms with Gasteiger partial charge in [0, 0.05) is 6.42 Å². The number of nitrogens with one attached hydrogen (secondary N) is 1. The van der Waals surface area contributed by atoms with Gasteiger partial charge in [0.15, 0.2) is 6.29 Å². The van der Waals surface area contributed by atoms with Gasteiger partial charge in [-0.3, -0.25) is 4.79 Å². The van der Waals surface area contributed by atoms with Gasteiger partial charge < -0.3 is 40.3 Å². The largest absolute Gasteiger partial charge is 0.394 e. The number of amides is 1. The molecule has 1 fully saturated rings. The zero-order valence-corrected chi connectivity index (χ0v) is 45.4. The summed E-state index contributed by atoms with van der Waals surface area (Å²) >= 11 is 0. The molecule has 1 aliphatic rings. The number of aliphatic hydroxyl groups is 5. The number of carbonyl (C=O) groups is 1. The molecule has 1 rings (SSSR count). The van der Waals surface area contributed by atoms with Gasteiger partial charge in [0.25, 0.3) is 0 Å². The van der Waals surface area contributed by atoms with E-state index in [0.717, 1.165) is 89.9 Å². The Bertz CT molecular complexity index is 1540. The predicted octanol–water partition coefficient (Wildman–Crippen LogP) is 14.3. The molecule has 6 N–H and O–H groups in total. The fourth-order valence-corrected chi connectivity index (χ4v) is 8.23. The highest BCUT2D eigenvalue weighted by atomic mass is 16.7. The summed E-state index contributed by atoms with van der Waals surface area (Å²) in [5.41, 5.74) is 0. The Morgan fingerprint density at radius 1 is 0.486 bits per heavy atom. The lowest BCUT2D eigenvalue weighted by molar-refractivity contribution is -0.302. The van der Waals surface area contributed by atoms with E-state index >= 15 is 0 Å². The summed E-state index contributed by atoms with van der Waals surface area (Å²) in [4.78, 5) is 13.0. The number of allylic oxidation sites excluding steroid dienone is 19. The first kappa shape index (κ1) is 66.6. The van der Waals surface area contributed by atoms with Crippen molar-refractivity contribution in [3.05, 3.63) is 122 Å². The first-order valence-electron chi connectivity index (χ1n) is 28.8. The number of ether oxygens (including phenoxy) is 2. The van der Waals surface area contributed by atoms with E-state index in [1.165, 1.54) is 89.9 Å². The Hall–Kier alpha value is -3.41. The molecule has 0 aromatic rings. The highest BCUT2D eigenvalue weighted by Gasteiger charge is 2.44. The maximum absolute atomic E-state index is 13.0. The summed E-state index contributed by atoms with van der Waals surface area (Å²) in [6.07, 6.45) is 69.7. The minimum Gasteiger partial charge on any atom is -0.394 e. The maximum Gasteiger partial charge on any atom is 0.220 e. The van der Waals surface area contributed by atoms with Crippen molar-refractivity contribution in [3.8, 4) is 0 Å². The summed E-state index contributed by atoms with van der Waals surface area (Å²) < 4.78 is 11.2. The predicted molar refractivity (Wildman–Crippen MR) is 304 cm³/mol. The lowest BCUT2D eigenvalue weighted by Crippen LogP contribution is -2.60. The molecule has 0 spiro atoms. The average molecular weight is 1000 g/mol. The number of hydrogen-bond acceptors (Lipinski definition) is 8. The van der Waals surface area contributed by atoms with Crippen molar-refractivity contribution in [1.82, 2.24) is 5.32 Å². The van der Waals surface area contributed by atoms with Crippen LogP contribution in [0.3, 0.4) is 0 Å². The molecule has 0 saturated carbocycles. The Balaban J connectivity index is 2.33. The standard InChI is InChI=1S/C63H105NO8/c1-3-5-7-9-11-13-15-17-19-21-23-25-27-29-31-33-35-37-39-41-43-45-47-49-51-53-59(67)64-56(55-71-63-62(70)61(69)60(68)58(54-65)72-63)57(66)52-50-48-46-44-42-40-38-36-34-32-30-28-26-24-22-20-18-16-14-12-10-8-6-4-2/h5,7,11,13,17,19,23,25,29,31,34-37,41-44,50,52,56-58,60-63,65-66,68-70H,3-4,6,8-10,12,14-16,18,20-22,24,26-28,30,32-33,38-40,45-49,51,53-55H2,1-2H3,(H,64,67)/b7-5-,13-11-,19-17-,25-23-,31-29-,36-34+,37-35-,43-41-,44-42+,52-50+. The van der Waals surface area contributed by atoms with Crippen molar-refractivity contribution in [2.45, 2.75) is 256 Å². The lowest BCUT2D eigenvalue weighted by Gasteiger charge is -2.40. The van der Waals surface area contributed by atoms with Crippen LogP contribution in [0.2, 0.25) is 0 Å². The van der Waals surface area contributed by atoms with Gasteiger partial charge in [-0.05, 0) is 103 Å². The minimum absolute atomic E-state index is 0.227. The molecule has 72 heavy (non-hydrogen) atoms. The molecule has 1 amide bonds. The maximum atomic E-state index is 13.0. The van der Waals surface area contributed by atoms with Gasteiger partial charge in [-0.15, -0.1) is 0 Å². The molecule has 1 heterocycles. The fourth-order valence-electron chi connectivity index (χ4n) is 8.23. The average Bonchev–Trinajstić information content (AvgIpc) is 3.38. The van der Waals surface area contributed by atoms with E-state index in [1.54, 1.807) is 6.08 Å². The van der Waals surface area contributed by atoms with Crippen LogP contribution < -0.4 is 5.32 Å². The molecule has 0 bridgehead atoms. The number of unbranched alkanes of at least 4 members (excludes halogenated alkanes) is 19. The Labute approximate surface area is 439 Å². The van der Waals surface area contributed by atoms with E-state index in [2.05, 4.69) is 129 Å². The molecule has 0 aliphatic carbocycles. The third kappa shape index (κ3) is 40.0. The number of aliphatic hydroxyl groups excluding tert-OH is 5. The molecule has 9 heteroatoms. The highest BCUT2D eigenvalue weighted by Crippen LogP contribution is 2.23. The molecule has 0 aromatic heterocycles. The Morgan fingerprint density at radius 3 is 1.33 bits per heavy atom. The van der Waals surface area contributed by atoms with Crippen molar-refractivity contribution in [2.24, 2.45) is 0 Å². The van der Waals surface area contributed by atoms with Crippen LogP contribution in [0.1, 0.15) is 213 Å². The molecule has 410 valence electrons. The molecule has 9 nitrogen and oxygen atoms in total. The number of hydrogen-bond donors (Lipinski definition) is 6. The minimum atomic E-state index is -1.59. The van der Waals surface area contributed by atoms with E-state index in [4.69, 9.17) is 9.47 Å². The molecular weight excluding hydrogens is 899 g/mol. The van der Waals surface area contributed by atoms with E-state index in [1.807, 2.05) is 6.08 Å². The zero-order valence-electron chi connectivity index (χ0n) is 45.4. The second-order valence-corrected chi connectivity index (χ2v) is 19.3. The van der Waals surface area contributed by atoms with Crippen molar-refractivity contribution >= 4 is 5.91 Å². The van der Waals surface area contributed by atoms with Crippen molar-refractivity contribution in [3.63, 3.8) is 0 Å². The third-order valence-electron chi connectivity index (χ3n) is 12.7. The summed E-state index contributed by atoms with van der Waals surface area (Å²) in [7, 11) is 0. The van der Waals surface area contributed by atoms with E-state index in [9.17, 15) is 30.3 Å². The van der Waals surface area contributed by atoms with E-state index in [-0.39, 0.29) is 18.9 Å².